The van der Waals surface area contributed by atoms with Crippen molar-refractivity contribution in [2.45, 2.75) is 57.8 Å². The quantitative estimate of drug-likeness (QED) is 0.777. The van der Waals surface area contributed by atoms with Crippen LogP contribution in [0.15, 0.2) is 11.0 Å². The molecule has 0 amide bonds. The fourth-order valence-electron chi connectivity index (χ4n) is 3.78. The number of anilines is 1. The Kier molecular flexibility index (Phi) is 6.10. The highest BCUT2D eigenvalue weighted by molar-refractivity contribution is 8.00. The van der Waals surface area contributed by atoms with Crippen molar-refractivity contribution in [3.63, 3.8) is 0 Å². The molecule has 1 aliphatic heterocycles. The van der Waals surface area contributed by atoms with E-state index in [4.69, 9.17) is 15.2 Å². The number of thioether (sulfide) groups is 1. The van der Waals surface area contributed by atoms with Gasteiger partial charge in [-0.15, -0.1) is 11.8 Å². The van der Waals surface area contributed by atoms with Gasteiger partial charge in [-0.25, -0.2) is 14.0 Å². The van der Waals surface area contributed by atoms with Crippen LogP contribution in [0.25, 0.3) is 0 Å². The molecule has 0 radical (unpaired) electrons. The molecule has 150 valence electrons. The Balaban J connectivity index is 1.65. The number of rotatable bonds is 4. The number of aromatic nitrogens is 2. The largest absolute Gasteiger partial charge is 0.459 e. The van der Waals surface area contributed by atoms with Crippen LogP contribution in [0.5, 0.6) is 0 Å². The summed E-state index contributed by atoms with van der Waals surface area (Å²) in [5.41, 5.74) is 3.74. The normalized spacial score (nSPS) is 31.2. The molecule has 27 heavy (non-hydrogen) atoms. The smallest absolute Gasteiger partial charge is 0.351 e. The van der Waals surface area contributed by atoms with E-state index in [1.165, 1.54) is 11.8 Å². The third-order valence-electron chi connectivity index (χ3n) is 5.34. The van der Waals surface area contributed by atoms with Crippen LogP contribution in [-0.2, 0) is 14.3 Å². The third-order valence-corrected chi connectivity index (χ3v) is 6.42. The standard InChI is InChI=1S/C18H26FN3O4S/c1-9(2)11-5-4-10(3)6-13(11)25-16(23)17-26-14(8-27-17)22-7-12(19)15(20)21-18(22)24/h7,9-11,13-14,17H,4-6,8H2,1-3H3,(H2,20,21,24)/t10-,11+,13-,14+,17?/m1/s1. The zero-order valence-electron chi connectivity index (χ0n) is 15.8. The summed E-state index contributed by atoms with van der Waals surface area (Å²) in [7, 11) is 0. The Labute approximate surface area is 161 Å². The van der Waals surface area contributed by atoms with Crippen molar-refractivity contribution in [2.75, 3.05) is 11.5 Å². The maximum Gasteiger partial charge on any atom is 0.351 e. The minimum Gasteiger partial charge on any atom is -0.459 e. The zero-order chi connectivity index (χ0) is 19.7. The number of hydrogen-bond acceptors (Lipinski definition) is 7. The maximum atomic E-state index is 13.6. The van der Waals surface area contributed by atoms with E-state index in [9.17, 15) is 14.0 Å². The van der Waals surface area contributed by atoms with E-state index in [0.29, 0.717) is 23.5 Å². The predicted molar refractivity (Wildman–Crippen MR) is 100 cm³/mol. The number of nitrogens with zero attached hydrogens (tertiary/aromatic N) is 2. The van der Waals surface area contributed by atoms with Gasteiger partial charge in [-0.3, -0.25) is 4.57 Å². The third kappa shape index (κ3) is 4.45. The molecule has 0 aromatic carbocycles. The molecule has 9 heteroatoms. The molecule has 1 saturated carbocycles. The Morgan fingerprint density at radius 2 is 2.22 bits per heavy atom. The first-order chi connectivity index (χ1) is 12.8. The van der Waals surface area contributed by atoms with E-state index in [2.05, 4.69) is 25.8 Å². The van der Waals surface area contributed by atoms with Gasteiger partial charge in [0.2, 0.25) is 5.44 Å². The van der Waals surface area contributed by atoms with E-state index in [1.54, 1.807) is 0 Å². The number of halogens is 1. The molecule has 0 spiro atoms. The van der Waals surface area contributed by atoms with Crippen LogP contribution in [0, 0.1) is 23.6 Å². The van der Waals surface area contributed by atoms with Gasteiger partial charge in [-0.2, -0.15) is 4.98 Å². The summed E-state index contributed by atoms with van der Waals surface area (Å²) in [5, 5.41) is 0. The molecule has 5 atom stereocenters. The summed E-state index contributed by atoms with van der Waals surface area (Å²) >= 11 is 1.23. The first-order valence-electron chi connectivity index (χ1n) is 9.28. The van der Waals surface area contributed by atoms with Crippen molar-refractivity contribution < 1.29 is 18.7 Å². The van der Waals surface area contributed by atoms with E-state index < -0.39 is 35.0 Å². The monoisotopic (exact) mass is 399 g/mol. The van der Waals surface area contributed by atoms with Crippen LogP contribution < -0.4 is 11.4 Å². The highest BCUT2D eigenvalue weighted by Gasteiger charge is 2.39. The van der Waals surface area contributed by atoms with Crippen molar-refractivity contribution in [2.24, 2.45) is 17.8 Å². The Bertz CT molecular complexity index is 757. The maximum absolute atomic E-state index is 13.6. The fourth-order valence-corrected chi connectivity index (χ4v) is 4.76. The second-order valence-electron chi connectivity index (χ2n) is 7.72. The van der Waals surface area contributed by atoms with Gasteiger partial charge in [0, 0.05) is 5.75 Å². The highest BCUT2D eigenvalue weighted by Crippen LogP contribution is 2.37. The van der Waals surface area contributed by atoms with E-state index in [-0.39, 0.29) is 6.10 Å². The molecule has 1 unspecified atom stereocenters. The molecule has 1 saturated heterocycles. The van der Waals surface area contributed by atoms with Gasteiger partial charge in [0.05, 0.1) is 6.20 Å². The topological polar surface area (TPSA) is 96.4 Å². The van der Waals surface area contributed by atoms with Gasteiger partial charge in [-0.1, -0.05) is 27.2 Å². The lowest BCUT2D eigenvalue weighted by Gasteiger charge is -2.37. The molecule has 2 fully saturated rings. The Hall–Kier alpha value is -1.61. The SMILES string of the molecule is CC(C)[C@@H]1CC[C@@H](C)C[C@H]1OC(=O)C1O[C@H](n2cc(F)c(N)nc2=O)CS1. The first kappa shape index (κ1) is 20.1. The van der Waals surface area contributed by atoms with Gasteiger partial charge in [0.25, 0.3) is 0 Å². The molecule has 3 rings (SSSR count). The van der Waals surface area contributed by atoms with E-state index in [0.717, 1.165) is 30.0 Å². The predicted octanol–water partition coefficient (Wildman–Crippen LogP) is 2.56. The van der Waals surface area contributed by atoms with E-state index >= 15 is 0 Å². The van der Waals surface area contributed by atoms with Crippen LogP contribution in [0.2, 0.25) is 0 Å². The number of esters is 1. The minimum absolute atomic E-state index is 0.122. The summed E-state index contributed by atoms with van der Waals surface area (Å²) in [4.78, 5) is 28.0. The molecular weight excluding hydrogens is 373 g/mol. The zero-order valence-corrected chi connectivity index (χ0v) is 16.6. The lowest BCUT2D eigenvalue weighted by molar-refractivity contribution is -0.166. The van der Waals surface area contributed by atoms with Crippen molar-refractivity contribution in [3.8, 4) is 0 Å². The average molecular weight is 399 g/mol. The van der Waals surface area contributed by atoms with Gasteiger partial charge in [0.1, 0.15) is 12.3 Å². The van der Waals surface area contributed by atoms with E-state index in [1.807, 2.05) is 0 Å². The Morgan fingerprint density at radius 1 is 1.48 bits per heavy atom. The van der Waals surface area contributed by atoms with Crippen molar-refractivity contribution >= 4 is 23.5 Å². The first-order valence-corrected chi connectivity index (χ1v) is 10.3. The second kappa shape index (κ2) is 8.18. The van der Waals surface area contributed by atoms with Crippen LogP contribution in [0.3, 0.4) is 0 Å². The van der Waals surface area contributed by atoms with Crippen molar-refractivity contribution in [3.05, 3.63) is 22.5 Å². The summed E-state index contributed by atoms with van der Waals surface area (Å²) in [5.74, 6) is -0.0872. The molecule has 2 aliphatic rings. The van der Waals surface area contributed by atoms with Crippen molar-refractivity contribution in [1.29, 1.82) is 0 Å². The molecule has 7 nitrogen and oxygen atoms in total. The minimum atomic E-state index is -0.840. The van der Waals surface area contributed by atoms with Crippen LogP contribution in [0.1, 0.15) is 46.3 Å². The van der Waals surface area contributed by atoms with Gasteiger partial charge in [0.15, 0.2) is 11.6 Å². The van der Waals surface area contributed by atoms with Gasteiger partial charge >= 0.3 is 11.7 Å². The average Bonchev–Trinajstić information content (AvgIpc) is 3.08. The number of carbonyl (C=O) groups excluding carboxylic acids is 1. The summed E-state index contributed by atoms with van der Waals surface area (Å²) in [6, 6.07) is 0. The summed E-state index contributed by atoms with van der Waals surface area (Å²) in [6.45, 7) is 6.46. The highest BCUT2D eigenvalue weighted by atomic mass is 32.2. The van der Waals surface area contributed by atoms with Gasteiger partial charge in [-0.05, 0) is 30.6 Å². The van der Waals surface area contributed by atoms with Crippen molar-refractivity contribution in [1.82, 2.24) is 9.55 Å². The second-order valence-corrected chi connectivity index (χ2v) is 8.82. The van der Waals surface area contributed by atoms with Gasteiger partial charge < -0.3 is 15.2 Å². The molecule has 2 heterocycles. The summed E-state index contributed by atoms with van der Waals surface area (Å²) in [6.07, 6.45) is 3.09. The number of hydrogen-bond donors (Lipinski definition) is 1. The Morgan fingerprint density at radius 3 is 2.93 bits per heavy atom. The molecule has 0 bridgehead atoms. The summed E-state index contributed by atoms with van der Waals surface area (Å²) < 4.78 is 26.1. The van der Waals surface area contributed by atoms with Crippen LogP contribution in [0.4, 0.5) is 10.2 Å². The van der Waals surface area contributed by atoms with Crippen LogP contribution >= 0.6 is 11.8 Å². The molecule has 2 N–H and O–H groups in total. The molecule has 1 aromatic heterocycles. The molecule has 1 aliphatic carbocycles. The number of ether oxygens (including phenoxy) is 2. The lowest BCUT2D eigenvalue weighted by Crippen LogP contribution is -2.38. The number of carbonyl (C=O) groups is 1. The van der Waals surface area contributed by atoms with Crippen LogP contribution in [-0.4, -0.2) is 32.8 Å². The number of nitrogen functional groups attached to an aromatic ring is 1. The number of nitrogens with two attached hydrogens (primary N) is 1. The molecular formula is C18H26FN3O4S. The fraction of sp³-hybridized carbons (Fsp3) is 0.722. The molecule has 1 aromatic rings. The lowest BCUT2D eigenvalue weighted by atomic mass is 9.75.